The average molecular weight is 244 g/mol. The fourth-order valence-corrected chi connectivity index (χ4v) is 1.37. The van der Waals surface area contributed by atoms with Gasteiger partial charge in [0.25, 0.3) is 5.56 Å². The summed E-state index contributed by atoms with van der Waals surface area (Å²) in [5, 5.41) is 3.06. The summed E-state index contributed by atoms with van der Waals surface area (Å²) in [6.07, 6.45) is 4.25. The van der Waals surface area contributed by atoms with Crippen molar-refractivity contribution in [3.05, 3.63) is 22.7 Å². The zero-order chi connectivity index (χ0) is 12.2. The molecule has 0 radical (unpaired) electrons. The molecule has 0 aliphatic carbocycles. The first kappa shape index (κ1) is 13.0. The monoisotopic (exact) mass is 243 g/mol. The van der Waals surface area contributed by atoms with Gasteiger partial charge in [-0.2, -0.15) is 0 Å². The Morgan fingerprint density at radius 3 is 2.81 bits per heavy atom. The van der Waals surface area contributed by atoms with Crippen molar-refractivity contribution in [1.82, 2.24) is 9.55 Å². The van der Waals surface area contributed by atoms with Crippen molar-refractivity contribution in [1.29, 1.82) is 0 Å². The molecule has 0 saturated heterocycles. The number of rotatable bonds is 5. The van der Waals surface area contributed by atoms with Gasteiger partial charge >= 0.3 is 0 Å². The predicted octanol–water partition coefficient (Wildman–Crippen LogP) is 2.08. The molecule has 1 rings (SSSR count). The number of aromatic nitrogens is 2. The van der Waals surface area contributed by atoms with Crippen LogP contribution in [0.1, 0.15) is 27.2 Å². The fourth-order valence-electron chi connectivity index (χ4n) is 1.30. The lowest BCUT2D eigenvalue weighted by Crippen LogP contribution is -2.37. The van der Waals surface area contributed by atoms with Gasteiger partial charge in [-0.3, -0.25) is 4.79 Å². The van der Waals surface area contributed by atoms with Crippen LogP contribution in [-0.2, 0) is 6.54 Å². The van der Waals surface area contributed by atoms with Gasteiger partial charge in [-0.15, -0.1) is 11.6 Å². The van der Waals surface area contributed by atoms with E-state index in [4.69, 9.17) is 11.6 Å². The van der Waals surface area contributed by atoms with E-state index in [-0.39, 0.29) is 11.1 Å². The molecule has 0 saturated carbocycles. The zero-order valence-corrected chi connectivity index (χ0v) is 10.7. The van der Waals surface area contributed by atoms with Crippen LogP contribution in [0.2, 0.25) is 0 Å². The van der Waals surface area contributed by atoms with Gasteiger partial charge < -0.3 is 9.88 Å². The lowest BCUT2D eigenvalue weighted by Gasteiger charge is -2.23. The minimum atomic E-state index is -0.334. The minimum Gasteiger partial charge on any atom is -0.359 e. The Morgan fingerprint density at radius 2 is 2.25 bits per heavy atom. The number of halogens is 1. The van der Waals surface area contributed by atoms with E-state index in [0.717, 1.165) is 6.42 Å². The Bertz CT molecular complexity index is 400. The topological polar surface area (TPSA) is 46.9 Å². The van der Waals surface area contributed by atoms with Crippen molar-refractivity contribution < 1.29 is 0 Å². The second-order valence-corrected chi connectivity index (χ2v) is 4.68. The van der Waals surface area contributed by atoms with Crippen molar-refractivity contribution in [2.24, 2.45) is 0 Å². The van der Waals surface area contributed by atoms with E-state index in [1.165, 1.54) is 0 Å². The molecule has 0 atom stereocenters. The summed E-state index contributed by atoms with van der Waals surface area (Å²) in [6.45, 7) is 6.59. The van der Waals surface area contributed by atoms with E-state index in [9.17, 15) is 4.79 Å². The van der Waals surface area contributed by atoms with Gasteiger partial charge in [-0.1, -0.05) is 6.92 Å². The Kier molecular flexibility index (Phi) is 4.35. The molecule has 4 nitrogen and oxygen atoms in total. The highest BCUT2D eigenvalue weighted by molar-refractivity contribution is 6.18. The first-order valence-electron chi connectivity index (χ1n) is 5.40. The Balaban J connectivity index is 2.98. The van der Waals surface area contributed by atoms with Crippen LogP contribution in [-0.4, -0.2) is 21.0 Å². The second kappa shape index (κ2) is 5.34. The fraction of sp³-hybridized carbons (Fsp3) is 0.636. The van der Waals surface area contributed by atoms with Crippen LogP contribution in [0.15, 0.2) is 17.2 Å². The highest BCUT2D eigenvalue weighted by Crippen LogP contribution is 2.10. The summed E-state index contributed by atoms with van der Waals surface area (Å²) >= 11 is 5.80. The maximum Gasteiger partial charge on any atom is 0.293 e. The van der Waals surface area contributed by atoms with Gasteiger partial charge in [-0.05, 0) is 20.3 Å². The lowest BCUT2D eigenvalue weighted by molar-refractivity contribution is 0.618. The lowest BCUT2D eigenvalue weighted by atomic mass is 10.1. The SMILES string of the molecule is CCCn1ccnc(NC(C)(C)CCl)c1=O. The summed E-state index contributed by atoms with van der Waals surface area (Å²) in [6, 6.07) is 0. The Morgan fingerprint density at radius 1 is 1.56 bits per heavy atom. The molecule has 0 bridgehead atoms. The molecule has 0 aliphatic heterocycles. The van der Waals surface area contributed by atoms with E-state index in [2.05, 4.69) is 10.3 Å². The number of alkyl halides is 1. The molecular weight excluding hydrogens is 226 g/mol. The molecule has 16 heavy (non-hydrogen) atoms. The number of anilines is 1. The van der Waals surface area contributed by atoms with Gasteiger partial charge in [0.2, 0.25) is 0 Å². The standard InChI is InChI=1S/C11H18ClN3O/c1-4-6-15-7-5-13-9(10(15)16)14-11(2,3)8-12/h5,7H,4,6,8H2,1-3H3,(H,13,14). The van der Waals surface area contributed by atoms with E-state index in [1.54, 1.807) is 17.0 Å². The van der Waals surface area contributed by atoms with Crippen LogP contribution >= 0.6 is 11.6 Å². The zero-order valence-electron chi connectivity index (χ0n) is 9.96. The highest BCUT2D eigenvalue weighted by atomic mass is 35.5. The quantitative estimate of drug-likeness (QED) is 0.806. The average Bonchev–Trinajstić information content (AvgIpc) is 2.24. The van der Waals surface area contributed by atoms with Crippen molar-refractivity contribution in [2.45, 2.75) is 39.3 Å². The van der Waals surface area contributed by atoms with E-state index < -0.39 is 0 Å². The summed E-state index contributed by atoms with van der Waals surface area (Å²) in [5.74, 6) is 0.776. The molecule has 0 unspecified atom stereocenters. The third-order valence-electron chi connectivity index (χ3n) is 2.17. The molecule has 0 spiro atoms. The first-order valence-corrected chi connectivity index (χ1v) is 5.93. The molecule has 1 aromatic rings. The van der Waals surface area contributed by atoms with Crippen molar-refractivity contribution in [2.75, 3.05) is 11.2 Å². The maximum absolute atomic E-state index is 11.9. The number of nitrogens with one attached hydrogen (secondary N) is 1. The van der Waals surface area contributed by atoms with Gasteiger partial charge in [0, 0.05) is 30.4 Å². The normalized spacial score (nSPS) is 11.5. The molecular formula is C11H18ClN3O. The van der Waals surface area contributed by atoms with Crippen LogP contribution in [0.3, 0.4) is 0 Å². The van der Waals surface area contributed by atoms with Gasteiger partial charge in [0.15, 0.2) is 5.82 Å². The predicted molar refractivity (Wildman–Crippen MR) is 67.2 cm³/mol. The summed E-state index contributed by atoms with van der Waals surface area (Å²) < 4.78 is 1.65. The molecule has 1 heterocycles. The Hall–Kier alpha value is -1.03. The summed E-state index contributed by atoms with van der Waals surface area (Å²) in [7, 11) is 0. The van der Waals surface area contributed by atoms with Gasteiger partial charge in [0.05, 0.1) is 0 Å². The van der Waals surface area contributed by atoms with E-state index in [1.807, 2.05) is 20.8 Å². The van der Waals surface area contributed by atoms with Gasteiger partial charge in [-0.25, -0.2) is 4.98 Å². The summed E-state index contributed by atoms with van der Waals surface area (Å²) in [5.41, 5.74) is -0.429. The number of hydrogen-bond acceptors (Lipinski definition) is 3. The molecule has 0 amide bonds. The third kappa shape index (κ3) is 3.23. The third-order valence-corrected chi connectivity index (χ3v) is 2.84. The van der Waals surface area contributed by atoms with E-state index >= 15 is 0 Å². The summed E-state index contributed by atoms with van der Waals surface area (Å²) in [4.78, 5) is 16.0. The second-order valence-electron chi connectivity index (χ2n) is 4.42. The van der Waals surface area contributed by atoms with Crippen molar-refractivity contribution in [3.63, 3.8) is 0 Å². The van der Waals surface area contributed by atoms with E-state index in [0.29, 0.717) is 18.2 Å². The molecule has 90 valence electrons. The molecule has 0 fully saturated rings. The molecule has 1 aromatic heterocycles. The molecule has 5 heteroatoms. The highest BCUT2D eigenvalue weighted by Gasteiger charge is 2.18. The number of nitrogens with zero attached hydrogens (tertiary/aromatic N) is 2. The van der Waals surface area contributed by atoms with Crippen LogP contribution in [0.25, 0.3) is 0 Å². The van der Waals surface area contributed by atoms with Crippen LogP contribution in [0, 0.1) is 0 Å². The smallest absolute Gasteiger partial charge is 0.293 e. The van der Waals surface area contributed by atoms with Crippen LogP contribution in [0.5, 0.6) is 0 Å². The first-order chi connectivity index (χ1) is 7.50. The number of aryl methyl sites for hydroxylation is 1. The van der Waals surface area contributed by atoms with Gasteiger partial charge in [0.1, 0.15) is 0 Å². The van der Waals surface area contributed by atoms with Crippen molar-refractivity contribution in [3.8, 4) is 0 Å². The maximum atomic E-state index is 11.9. The molecule has 0 aliphatic rings. The van der Waals surface area contributed by atoms with Crippen LogP contribution < -0.4 is 10.9 Å². The molecule has 1 N–H and O–H groups in total. The van der Waals surface area contributed by atoms with Crippen molar-refractivity contribution >= 4 is 17.4 Å². The Labute approximate surface area is 101 Å². The largest absolute Gasteiger partial charge is 0.359 e. The minimum absolute atomic E-state index is 0.0949. The molecule has 0 aromatic carbocycles. The van der Waals surface area contributed by atoms with Crippen LogP contribution in [0.4, 0.5) is 5.82 Å². The number of hydrogen-bond donors (Lipinski definition) is 1.